The molecule has 0 saturated carbocycles. The number of nitrogens with zero attached hydrogens (tertiary/aromatic N) is 1. The largest absolute Gasteiger partial charge is 0.498 e. The maximum atomic E-state index is 6.12. The lowest BCUT2D eigenvalue weighted by atomic mass is 9.77. The Hall–Kier alpha value is -1.79. The van der Waals surface area contributed by atoms with E-state index >= 15 is 0 Å². The molecule has 0 amide bonds. The van der Waals surface area contributed by atoms with E-state index in [0.29, 0.717) is 5.82 Å². The van der Waals surface area contributed by atoms with Gasteiger partial charge in [-0.1, -0.05) is 0 Å². The molecule has 1 fully saturated rings. The van der Waals surface area contributed by atoms with Gasteiger partial charge in [0.15, 0.2) is 0 Å². The Balaban J connectivity index is 2.09. The van der Waals surface area contributed by atoms with Crippen LogP contribution in [0, 0.1) is 0 Å². The topological polar surface area (TPSA) is 66.6 Å². The SMILES string of the molecule is COc1cc2cc(N)ncc2cc1B1OC(C)(C)C(C)(C)O1. The molecule has 1 aromatic heterocycles. The van der Waals surface area contributed by atoms with Gasteiger partial charge in [0.1, 0.15) is 11.6 Å². The summed E-state index contributed by atoms with van der Waals surface area (Å²) in [5.41, 5.74) is 5.82. The zero-order valence-corrected chi connectivity index (χ0v) is 13.6. The summed E-state index contributed by atoms with van der Waals surface area (Å²) < 4.78 is 17.8. The maximum Gasteiger partial charge on any atom is 0.498 e. The van der Waals surface area contributed by atoms with E-state index in [2.05, 4.69) is 4.98 Å². The number of benzene rings is 1. The normalized spacial score (nSPS) is 19.6. The molecule has 0 unspecified atom stereocenters. The zero-order chi connectivity index (χ0) is 16.1. The highest BCUT2D eigenvalue weighted by molar-refractivity contribution is 6.63. The van der Waals surface area contributed by atoms with Gasteiger partial charge < -0.3 is 19.8 Å². The first-order valence-corrected chi connectivity index (χ1v) is 7.32. The summed E-state index contributed by atoms with van der Waals surface area (Å²) in [6.45, 7) is 8.12. The summed E-state index contributed by atoms with van der Waals surface area (Å²) in [7, 11) is 1.17. The molecule has 0 atom stereocenters. The van der Waals surface area contributed by atoms with Crippen molar-refractivity contribution in [2.45, 2.75) is 38.9 Å². The molecule has 1 saturated heterocycles. The molecule has 6 heteroatoms. The van der Waals surface area contributed by atoms with Gasteiger partial charge in [-0.25, -0.2) is 4.98 Å². The number of nitrogen functional groups attached to an aromatic ring is 1. The van der Waals surface area contributed by atoms with Crippen molar-refractivity contribution in [3.8, 4) is 5.75 Å². The van der Waals surface area contributed by atoms with Gasteiger partial charge in [-0.3, -0.25) is 0 Å². The van der Waals surface area contributed by atoms with Crippen LogP contribution in [0.25, 0.3) is 10.8 Å². The number of ether oxygens (including phenoxy) is 1. The second-order valence-corrected chi connectivity index (χ2v) is 6.64. The van der Waals surface area contributed by atoms with Gasteiger partial charge in [0.05, 0.1) is 18.3 Å². The molecule has 0 radical (unpaired) electrons. The van der Waals surface area contributed by atoms with E-state index in [0.717, 1.165) is 22.0 Å². The summed E-state index contributed by atoms with van der Waals surface area (Å²) in [6, 6.07) is 5.75. The van der Waals surface area contributed by atoms with Crippen LogP contribution in [0.15, 0.2) is 24.4 Å². The van der Waals surface area contributed by atoms with Crippen molar-refractivity contribution in [1.82, 2.24) is 4.98 Å². The molecule has 0 spiro atoms. The Labute approximate surface area is 130 Å². The van der Waals surface area contributed by atoms with Gasteiger partial charge in [0, 0.05) is 17.0 Å². The van der Waals surface area contributed by atoms with Gasteiger partial charge in [-0.05, 0) is 51.3 Å². The third-order valence-corrected chi connectivity index (χ3v) is 4.60. The lowest BCUT2D eigenvalue weighted by molar-refractivity contribution is 0.00578. The van der Waals surface area contributed by atoms with E-state index in [9.17, 15) is 0 Å². The smallest absolute Gasteiger partial charge is 0.497 e. The second kappa shape index (κ2) is 4.86. The third-order valence-electron chi connectivity index (χ3n) is 4.60. The van der Waals surface area contributed by atoms with Crippen LogP contribution in [-0.4, -0.2) is 30.4 Å². The molecule has 2 N–H and O–H groups in total. The molecular formula is C16H21BN2O3. The molecule has 1 aliphatic heterocycles. The van der Waals surface area contributed by atoms with Gasteiger partial charge in [0.2, 0.25) is 0 Å². The first-order valence-electron chi connectivity index (χ1n) is 7.32. The fourth-order valence-corrected chi connectivity index (χ4v) is 2.54. The maximum absolute atomic E-state index is 6.12. The zero-order valence-electron chi connectivity index (χ0n) is 13.6. The predicted molar refractivity (Wildman–Crippen MR) is 88.4 cm³/mol. The molecule has 22 heavy (non-hydrogen) atoms. The Morgan fingerprint density at radius 1 is 1.05 bits per heavy atom. The lowest BCUT2D eigenvalue weighted by Crippen LogP contribution is -2.41. The first kappa shape index (κ1) is 15.1. The van der Waals surface area contributed by atoms with E-state index in [1.807, 2.05) is 45.9 Å². The fraction of sp³-hybridized carbons (Fsp3) is 0.438. The predicted octanol–water partition coefficient (Wildman–Crippen LogP) is 2.12. The molecule has 1 aromatic carbocycles. The van der Waals surface area contributed by atoms with Crippen molar-refractivity contribution in [2.75, 3.05) is 12.8 Å². The summed E-state index contributed by atoms with van der Waals surface area (Å²) in [6.07, 6.45) is 1.75. The number of anilines is 1. The van der Waals surface area contributed by atoms with Gasteiger partial charge in [-0.2, -0.15) is 0 Å². The van der Waals surface area contributed by atoms with Crippen LogP contribution < -0.4 is 15.9 Å². The quantitative estimate of drug-likeness (QED) is 0.861. The first-order chi connectivity index (χ1) is 10.2. The molecule has 116 valence electrons. The molecule has 1 aliphatic rings. The number of aromatic nitrogens is 1. The van der Waals surface area contributed by atoms with Gasteiger partial charge in [0.25, 0.3) is 0 Å². The summed E-state index contributed by atoms with van der Waals surface area (Å²) in [4.78, 5) is 4.14. The van der Waals surface area contributed by atoms with Crippen LogP contribution in [0.5, 0.6) is 5.75 Å². The number of hydrogen-bond donors (Lipinski definition) is 1. The van der Waals surface area contributed by atoms with Crippen molar-refractivity contribution in [2.24, 2.45) is 0 Å². The van der Waals surface area contributed by atoms with Crippen molar-refractivity contribution in [1.29, 1.82) is 0 Å². The van der Waals surface area contributed by atoms with E-state index in [1.165, 1.54) is 0 Å². The molecule has 3 rings (SSSR count). The minimum absolute atomic E-state index is 0.392. The number of methoxy groups -OCH3 is 1. The van der Waals surface area contributed by atoms with E-state index in [-0.39, 0.29) is 0 Å². The number of pyridine rings is 1. The van der Waals surface area contributed by atoms with Gasteiger partial charge >= 0.3 is 7.12 Å². The molecular weight excluding hydrogens is 279 g/mol. The second-order valence-electron chi connectivity index (χ2n) is 6.64. The highest BCUT2D eigenvalue weighted by Crippen LogP contribution is 2.37. The lowest BCUT2D eigenvalue weighted by Gasteiger charge is -2.32. The van der Waals surface area contributed by atoms with E-state index in [4.69, 9.17) is 19.8 Å². The van der Waals surface area contributed by atoms with Crippen LogP contribution in [0.2, 0.25) is 0 Å². The van der Waals surface area contributed by atoms with Crippen molar-refractivity contribution < 1.29 is 14.0 Å². The van der Waals surface area contributed by atoms with Crippen LogP contribution in [0.3, 0.4) is 0 Å². The monoisotopic (exact) mass is 300 g/mol. The minimum atomic E-state index is -0.470. The third kappa shape index (κ3) is 2.32. The summed E-state index contributed by atoms with van der Waals surface area (Å²) in [5.74, 6) is 1.20. The number of nitrogens with two attached hydrogens (primary N) is 1. The standard InChI is InChI=1S/C16H21BN2O3/c1-15(2)16(3,4)22-17(21-15)12-6-11-9-19-14(18)8-10(11)7-13(12)20-5/h6-9H,1-5H3,(H2,18,19). The Morgan fingerprint density at radius 2 is 1.68 bits per heavy atom. The van der Waals surface area contributed by atoms with Crippen LogP contribution >= 0.6 is 0 Å². The molecule has 5 nitrogen and oxygen atoms in total. The molecule has 0 bridgehead atoms. The van der Waals surface area contributed by atoms with Crippen LogP contribution in [0.4, 0.5) is 5.82 Å². The van der Waals surface area contributed by atoms with Crippen molar-refractivity contribution >= 4 is 29.2 Å². The molecule has 2 aromatic rings. The van der Waals surface area contributed by atoms with Crippen molar-refractivity contribution in [3.63, 3.8) is 0 Å². The van der Waals surface area contributed by atoms with E-state index < -0.39 is 18.3 Å². The highest BCUT2D eigenvalue weighted by atomic mass is 16.7. The summed E-state index contributed by atoms with van der Waals surface area (Å²) in [5, 5.41) is 1.95. The van der Waals surface area contributed by atoms with E-state index in [1.54, 1.807) is 13.3 Å². The molecule has 0 aliphatic carbocycles. The number of fused-ring (bicyclic) bond motifs is 1. The number of rotatable bonds is 2. The highest BCUT2D eigenvalue weighted by Gasteiger charge is 2.52. The molecule has 2 heterocycles. The average molecular weight is 300 g/mol. The van der Waals surface area contributed by atoms with Crippen LogP contribution in [0.1, 0.15) is 27.7 Å². The van der Waals surface area contributed by atoms with Crippen LogP contribution in [-0.2, 0) is 9.31 Å². The Bertz CT molecular complexity index is 715. The average Bonchev–Trinajstić information content (AvgIpc) is 2.65. The minimum Gasteiger partial charge on any atom is -0.497 e. The Kier molecular flexibility index (Phi) is 3.34. The number of hydrogen-bond acceptors (Lipinski definition) is 5. The Morgan fingerprint density at radius 3 is 2.27 bits per heavy atom. The fourth-order valence-electron chi connectivity index (χ4n) is 2.54. The van der Waals surface area contributed by atoms with Crippen molar-refractivity contribution in [3.05, 3.63) is 24.4 Å². The summed E-state index contributed by atoms with van der Waals surface area (Å²) >= 11 is 0. The van der Waals surface area contributed by atoms with Gasteiger partial charge in [-0.15, -0.1) is 0 Å².